The van der Waals surface area contributed by atoms with Crippen molar-refractivity contribution in [1.29, 1.82) is 0 Å². The van der Waals surface area contributed by atoms with Gasteiger partial charge in [-0.1, -0.05) is 11.3 Å². The van der Waals surface area contributed by atoms with Crippen LogP contribution in [0.3, 0.4) is 0 Å². The summed E-state index contributed by atoms with van der Waals surface area (Å²) in [5.41, 5.74) is 1.60. The van der Waals surface area contributed by atoms with Gasteiger partial charge in [-0.05, 0) is 24.3 Å². The summed E-state index contributed by atoms with van der Waals surface area (Å²) >= 11 is 1.11. The van der Waals surface area contributed by atoms with Crippen LogP contribution in [0.5, 0.6) is 0 Å². The van der Waals surface area contributed by atoms with Gasteiger partial charge < -0.3 is 10.3 Å². The van der Waals surface area contributed by atoms with E-state index in [0.29, 0.717) is 6.54 Å². The average molecular weight is 284 g/mol. The smallest absolute Gasteiger partial charge is 0.304 e. The van der Waals surface area contributed by atoms with Crippen molar-refractivity contribution in [2.75, 3.05) is 11.6 Å². The first-order valence-corrected chi connectivity index (χ1v) is 7.93. The van der Waals surface area contributed by atoms with E-state index >= 15 is 0 Å². The number of aromatic amines is 1. The minimum atomic E-state index is -3.16. The van der Waals surface area contributed by atoms with Crippen LogP contribution in [0.2, 0.25) is 0 Å². The quantitative estimate of drug-likeness (QED) is 0.890. The molecule has 0 spiro atoms. The molecular formula is C11H12N2O3S2. The minimum Gasteiger partial charge on any atom is -0.379 e. The highest BCUT2D eigenvalue weighted by Gasteiger charge is 2.05. The molecule has 1 aromatic heterocycles. The molecule has 0 fully saturated rings. The van der Waals surface area contributed by atoms with Crippen LogP contribution in [0.25, 0.3) is 0 Å². The molecule has 5 nitrogen and oxygen atoms in total. The number of anilines is 1. The zero-order valence-corrected chi connectivity index (χ0v) is 11.3. The average Bonchev–Trinajstić information content (AvgIpc) is 2.72. The molecule has 7 heteroatoms. The lowest BCUT2D eigenvalue weighted by Crippen LogP contribution is -2.03. The molecule has 0 unspecified atom stereocenters. The Morgan fingerprint density at radius 2 is 1.94 bits per heavy atom. The van der Waals surface area contributed by atoms with E-state index in [9.17, 15) is 13.2 Å². The van der Waals surface area contributed by atoms with E-state index in [-0.39, 0.29) is 9.77 Å². The molecule has 2 rings (SSSR count). The maximum atomic E-state index is 11.3. The Labute approximate surface area is 108 Å². The second-order valence-corrected chi connectivity index (χ2v) is 6.68. The van der Waals surface area contributed by atoms with Crippen molar-refractivity contribution in [3.05, 3.63) is 45.0 Å². The number of H-pyrrole nitrogens is 1. The molecule has 0 amide bonds. The fourth-order valence-electron chi connectivity index (χ4n) is 1.42. The molecule has 1 heterocycles. The van der Waals surface area contributed by atoms with Crippen molar-refractivity contribution in [1.82, 2.24) is 4.98 Å². The molecule has 0 saturated heterocycles. The monoisotopic (exact) mass is 284 g/mol. The topological polar surface area (TPSA) is 79.0 Å². The van der Waals surface area contributed by atoms with Crippen LogP contribution in [0, 0.1) is 0 Å². The van der Waals surface area contributed by atoms with Crippen molar-refractivity contribution < 1.29 is 8.42 Å². The summed E-state index contributed by atoms with van der Waals surface area (Å²) in [5.74, 6) is 0. The molecule has 18 heavy (non-hydrogen) atoms. The van der Waals surface area contributed by atoms with Crippen LogP contribution in [0.15, 0.2) is 39.3 Å². The molecule has 96 valence electrons. The lowest BCUT2D eigenvalue weighted by atomic mass is 10.3. The molecule has 0 bridgehead atoms. The van der Waals surface area contributed by atoms with Crippen LogP contribution in [0.4, 0.5) is 5.69 Å². The fourth-order valence-corrected chi connectivity index (χ4v) is 2.63. The number of rotatable bonds is 4. The standard InChI is InChI=1S/C11H12N2O3S2/c1-18(15,16)10-4-2-8(3-5-10)12-6-9-7-17-11(14)13-9/h2-5,7,12H,6H2,1H3,(H,13,14). The predicted molar refractivity (Wildman–Crippen MR) is 71.8 cm³/mol. The van der Waals surface area contributed by atoms with Crippen molar-refractivity contribution in [2.24, 2.45) is 0 Å². The summed E-state index contributed by atoms with van der Waals surface area (Å²) in [6.07, 6.45) is 1.17. The summed E-state index contributed by atoms with van der Waals surface area (Å²) in [5, 5.41) is 4.84. The van der Waals surface area contributed by atoms with Gasteiger partial charge in [0.1, 0.15) is 0 Å². The van der Waals surface area contributed by atoms with E-state index in [1.165, 1.54) is 6.26 Å². The Hall–Kier alpha value is -1.60. The molecule has 0 aliphatic heterocycles. The molecule has 2 N–H and O–H groups in total. The first kappa shape index (κ1) is 12.8. The minimum absolute atomic E-state index is 0.0841. The van der Waals surface area contributed by atoms with Crippen molar-refractivity contribution >= 4 is 26.9 Å². The van der Waals surface area contributed by atoms with Crippen molar-refractivity contribution in [3.8, 4) is 0 Å². The number of hydrogen-bond donors (Lipinski definition) is 2. The summed E-state index contributed by atoms with van der Waals surface area (Å²) < 4.78 is 22.5. The van der Waals surface area contributed by atoms with E-state index in [0.717, 1.165) is 22.7 Å². The van der Waals surface area contributed by atoms with Gasteiger partial charge in [0, 0.05) is 23.0 Å². The Morgan fingerprint density at radius 3 is 2.44 bits per heavy atom. The summed E-state index contributed by atoms with van der Waals surface area (Å²) in [6.45, 7) is 0.497. The predicted octanol–water partition coefficient (Wildman–Crippen LogP) is 1.45. The normalized spacial score (nSPS) is 11.4. The molecule has 1 aromatic carbocycles. The molecule has 0 aliphatic carbocycles. The highest BCUT2D eigenvalue weighted by molar-refractivity contribution is 7.90. The lowest BCUT2D eigenvalue weighted by molar-refractivity contribution is 0.602. The van der Waals surface area contributed by atoms with Gasteiger partial charge >= 0.3 is 4.87 Å². The van der Waals surface area contributed by atoms with Gasteiger partial charge in [-0.3, -0.25) is 4.79 Å². The van der Waals surface area contributed by atoms with Gasteiger partial charge in [-0.15, -0.1) is 0 Å². The highest BCUT2D eigenvalue weighted by atomic mass is 32.2. The van der Waals surface area contributed by atoms with Gasteiger partial charge in [0.2, 0.25) is 0 Å². The van der Waals surface area contributed by atoms with E-state index in [2.05, 4.69) is 10.3 Å². The van der Waals surface area contributed by atoms with Crippen LogP contribution < -0.4 is 10.2 Å². The first-order valence-electron chi connectivity index (χ1n) is 5.16. The number of sulfone groups is 1. The van der Waals surface area contributed by atoms with Gasteiger partial charge in [-0.2, -0.15) is 0 Å². The number of hydrogen-bond acceptors (Lipinski definition) is 5. The Morgan fingerprint density at radius 1 is 1.28 bits per heavy atom. The van der Waals surface area contributed by atoms with Gasteiger partial charge in [0.05, 0.1) is 11.4 Å². The maximum absolute atomic E-state index is 11.3. The van der Waals surface area contributed by atoms with E-state index in [4.69, 9.17) is 0 Å². The zero-order valence-electron chi connectivity index (χ0n) is 9.64. The van der Waals surface area contributed by atoms with Crippen LogP contribution in [-0.2, 0) is 16.4 Å². The highest BCUT2D eigenvalue weighted by Crippen LogP contribution is 2.14. The van der Waals surface area contributed by atoms with Crippen LogP contribution in [0.1, 0.15) is 5.69 Å². The lowest BCUT2D eigenvalue weighted by Gasteiger charge is -2.05. The Bertz CT molecular complexity index is 684. The largest absolute Gasteiger partial charge is 0.379 e. The van der Waals surface area contributed by atoms with E-state index in [1.54, 1.807) is 29.6 Å². The van der Waals surface area contributed by atoms with Crippen LogP contribution in [-0.4, -0.2) is 19.7 Å². The van der Waals surface area contributed by atoms with Gasteiger partial charge in [-0.25, -0.2) is 8.42 Å². The summed E-state index contributed by atoms with van der Waals surface area (Å²) in [7, 11) is -3.16. The third-order valence-electron chi connectivity index (χ3n) is 2.34. The number of nitrogens with one attached hydrogen (secondary N) is 2. The SMILES string of the molecule is CS(=O)(=O)c1ccc(NCc2csc(=O)[nH]2)cc1. The third-order valence-corrected chi connectivity index (χ3v) is 4.18. The van der Waals surface area contributed by atoms with E-state index < -0.39 is 9.84 Å². The maximum Gasteiger partial charge on any atom is 0.304 e. The molecule has 2 aromatic rings. The molecule has 0 radical (unpaired) electrons. The van der Waals surface area contributed by atoms with Crippen molar-refractivity contribution in [2.45, 2.75) is 11.4 Å². The molecule has 0 atom stereocenters. The Kier molecular flexibility index (Phi) is 3.53. The zero-order chi connectivity index (χ0) is 13.2. The summed E-state index contributed by atoms with van der Waals surface area (Å²) in [6, 6.07) is 6.49. The number of aromatic nitrogens is 1. The third kappa shape index (κ3) is 3.21. The van der Waals surface area contributed by atoms with Gasteiger partial charge in [0.25, 0.3) is 0 Å². The number of thiazole rings is 1. The van der Waals surface area contributed by atoms with Crippen molar-refractivity contribution in [3.63, 3.8) is 0 Å². The fraction of sp³-hybridized carbons (Fsp3) is 0.182. The number of benzene rings is 1. The molecule has 0 saturated carbocycles. The molecule has 0 aliphatic rings. The second-order valence-electron chi connectivity index (χ2n) is 3.82. The van der Waals surface area contributed by atoms with E-state index in [1.807, 2.05) is 0 Å². The summed E-state index contributed by atoms with van der Waals surface area (Å²) in [4.78, 5) is 13.8. The molecular weight excluding hydrogens is 272 g/mol. The van der Waals surface area contributed by atoms with Crippen LogP contribution >= 0.6 is 11.3 Å². The van der Waals surface area contributed by atoms with Gasteiger partial charge in [0.15, 0.2) is 9.84 Å². The Balaban J connectivity index is 2.05. The first-order chi connectivity index (χ1) is 8.45. The second kappa shape index (κ2) is 4.95.